The van der Waals surface area contributed by atoms with Gasteiger partial charge in [-0.25, -0.2) is 0 Å². The summed E-state index contributed by atoms with van der Waals surface area (Å²) in [5.74, 6) is 3.15. The van der Waals surface area contributed by atoms with E-state index < -0.39 is 0 Å². The standard InChI is InChI=1S/C14H23N/c1-10(15)2-3-14-7-11-4-12(8-14)6-13(5-11)9-14/h2-3,10-13H,4-9,15H2,1H3/b3-2+. The van der Waals surface area contributed by atoms with Crippen molar-refractivity contribution in [1.29, 1.82) is 0 Å². The van der Waals surface area contributed by atoms with E-state index in [-0.39, 0.29) is 6.04 Å². The summed E-state index contributed by atoms with van der Waals surface area (Å²) in [7, 11) is 0. The molecule has 15 heavy (non-hydrogen) atoms. The molecule has 0 amide bonds. The van der Waals surface area contributed by atoms with E-state index >= 15 is 0 Å². The van der Waals surface area contributed by atoms with Crippen molar-refractivity contribution in [2.75, 3.05) is 0 Å². The van der Waals surface area contributed by atoms with Crippen molar-refractivity contribution in [2.45, 2.75) is 51.5 Å². The van der Waals surface area contributed by atoms with Crippen molar-refractivity contribution in [3.63, 3.8) is 0 Å². The van der Waals surface area contributed by atoms with Crippen LogP contribution in [-0.4, -0.2) is 6.04 Å². The molecule has 0 radical (unpaired) electrons. The number of allylic oxidation sites excluding steroid dienone is 1. The van der Waals surface area contributed by atoms with Gasteiger partial charge in [0.15, 0.2) is 0 Å². The maximum absolute atomic E-state index is 5.83. The zero-order valence-corrected chi connectivity index (χ0v) is 9.78. The molecule has 4 saturated carbocycles. The molecule has 0 aromatic rings. The first-order valence-corrected chi connectivity index (χ1v) is 6.60. The average Bonchev–Trinajstić information content (AvgIpc) is 2.12. The predicted molar refractivity (Wildman–Crippen MR) is 63.4 cm³/mol. The summed E-state index contributed by atoms with van der Waals surface area (Å²) >= 11 is 0. The van der Waals surface area contributed by atoms with E-state index in [1.54, 1.807) is 0 Å². The molecule has 2 N–H and O–H groups in total. The molecule has 4 fully saturated rings. The lowest BCUT2D eigenvalue weighted by Gasteiger charge is -2.56. The minimum atomic E-state index is 0.234. The molecule has 4 rings (SSSR count). The third-order valence-electron chi connectivity index (χ3n) is 4.84. The molecular formula is C14H23N. The number of hydrogen-bond acceptors (Lipinski definition) is 1. The van der Waals surface area contributed by atoms with Crippen molar-refractivity contribution >= 4 is 0 Å². The third-order valence-corrected chi connectivity index (χ3v) is 4.84. The molecular weight excluding hydrogens is 182 g/mol. The Bertz CT molecular complexity index is 242. The fourth-order valence-corrected chi connectivity index (χ4v) is 4.74. The number of hydrogen-bond donors (Lipinski definition) is 1. The van der Waals surface area contributed by atoms with E-state index in [0.29, 0.717) is 5.41 Å². The zero-order chi connectivity index (χ0) is 10.5. The molecule has 84 valence electrons. The van der Waals surface area contributed by atoms with Crippen LogP contribution in [0.4, 0.5) is 0 Å². The first-order chi connectivity index (χ1) is 7.15. The van der Waals surface area contributed by atoms with Gasteiger partial charge < -0.3 is 5.73 Å². The van der Waals surface area contributed by atoms with Gasteiger partial charge in [0.05, 0.1) is 0 Å². The minimum Gasteiger partial charge on any atom is -0.325 e. The highest BCUT2D eigenvalue weighted by Crippen LogP contribution is 2.60. The molecule has 1 heteroatoms. The highest BCUT2D eigenvalue weighted by atomic mass is 14.6. The topological polar surface area (TPSA) is 26.0 Å². The highest BCUT2D eigenvalue weighted by Gasteiger charge is 2.49. The molecule has 0 aliphatic heterocycles. The van der Waals surface area contributed by atoms with Crippen LogP contribution in [0.5, 0.6) is 0 Å². The van der Waals surface area contributed by atoms with E-state index in [1.165, 1.54) is 38.5 Å². The Morgan fingerprint density at radius 3 is 1.93 bits per heavy atom. The van der Waals surface area contributed by atoms with Crippen LogP contribution in [0.3, 0.4) is 0 Å². The van der Waals surface area contributed by atoms with Gasteiger partial charge >= 0.3 is 0 Å². The Morgan fingerprint density at radius 1 is 1.07 bits per heavy atom. The van der Waals surface area contributed by atoms with Gasteiger partial charge in [-0.3, -0.25) is 0 Å². The number of rotatable bonds is 2. The van der Waals surface area contributed by atoms with Gasteiger partial charge in [0.2, 0.25) is 0 Å². The van der Waals surface area contributed by atoms with Crippen LogP contribution in [0.15, 0.2) is 12.2 Å². The summed E-state index contributed by atoms with van der Waals surface area (Å²) in [5, 5.41) is 0. The second-order valence-corrected chi connectivity index (χ2v) is 6.50. The first-order valence-electron chi connectivity index (χ1n) is 6.60. The van der Waals surface area contributed by atoms with Gasteiger partial charge in [-0.2, -0.15) is 0 Å². The van der Waals surface area contributed by atoms with E-state index in [0.717, 1.165) is 17.8 Å². The summed E-state index contributed by atoms with van der Waals surface area (Å²) < 4.78 is 0. The van der Waals surface area contributed by atoms with Crippen LogP contribution in [0.25, 0.3) is 0 Å². The average molecular weight is 205 g/mol. The fraction of sp³-hybridized carbons (Fsp3) is 0.857. The molecule has 1 unspecified atom stereocenters. The van der Waals surface area contributed by atoms with Gasteiger partial charge in [0.1, 0.15) is 0 Å². The zero-order valence-electron chi connectivity index (χ0n) is 9.78. The minimum absolute atomic E-state index is 0.234. The SMILES string of the molecule is CC(N)/C=C/C12CC3CC(CC(C3)C1)C2. The van der Waals surface area contributed by atoms with E-state index in [4.69, 9.17) is 5.73 Å². The molecule has 4 aliphatic rings. The Labute approximate surface area is 93.1 Å². The smallest absolute Gasteiger partial charge is 0.0195 e. The highest BCUT2D eigenvalue weighted by molar-refractivity contribution is 5.11. The van der Waals surface area contributed by atoms with E-state index in [9.17, 15) is 0 Å². The maximum atomic E-state index is 5.83. The van der Waals surface area contributed by atoms with E-state index in [2.05, 4.69) is 19.1 Å². The third kappa shape index (κ3) is 1.75. The Hall–Kier alpha value is -0.300. The molecule has 0 aromatic carbocycles. The lowest BCUT2D eigenvalue weighted by molar-refractivity contribution is -0.0238. The quantitative estimate of drug-likeness (QED) is 0.689. The lowest BCUT2D eigenvalue weighted by Crippen LogP contribution is -2.45. The molecule has 1 nitrogen and oxygen atoms in total. The van der Waals surface area contributed by atoms with Gasteiger partial charge in [0, 0.05) is 6.04 Å². The van der Waals surface area contributed by atoms with Crippen LogP contribution < -0.4 is 5.73 Å². The Morgan fingerprint density at radius 2 is 1.53 bits per heavy atom. The maximum Gasteiger partial charge on any atom is 0.0195 e. The van der Waals surface area contributed by atoms with E-state index in [1.807, 2.05) is 0 Å². The van der Waals surface area contributed by atoms with Crippen molar-refractivity contribution < 1.29 is 0 Å². The van der Waals surface area contributed by atoms with Crippen LogP contribution >= 0.6 is 0 Å². The Balaban J connectivity index is 1.81. The number of nitrogens with two attached hydrogens (primary N) is 1. The summed E-state index contributed by atoms with van der Waals surface area (Å²) in [5.41, 5.74) is 6.41. The fourth-order valence-electron chi connectivity index (χ4n) is 4.74. The van der Waals surface area contributed by atoms with Crippen molar-refractivity contribution in [1.82, 2.24) is 0 Å². The largest absolute Gasteiger partial charge is 0.325 e. The summed E-state index contributed by atoms with van der Waals surface area (Å²) in [6.45, 7) is 2.08. The summed E-state index contributed by atoms with van der Waals surface area (Å²) in [6, 6.07) is 0.234. The molecule has 0 heterocycles. The van der Waals surface area contributed by atoms with Gasteiger partial charge in [-0.15, -0.1) is 0 Å². The molecule has 4 bridgehead atoms. The van der Waals surface area contributed by atoms with Crippen LogP contribution in [-0.2, 0) is 0 Å². The second kappa shape index (κ2) is 3.35. The summed E-state index contributed by atoms with van der Waals surface area (Å²) in [4.78, 5) is 0. The van der Waals surface area contributed by atoms with Crippen molar-refractivity contribution in [3.05, 3.63) is 12.2 Å². The predicted octanol–water partition coefficient (Wildman–Crippen LogP) is 3.11. The first kappa shape index (κ1) is 9.89. The molecule has 4 aliphatic carbocycles. The van der Waals surface area contributed by atoms with Crippen molar-refractivity contribution in [2.24, 2.45) is 28.9 Å². The van der Waals surface area contributed by atoms with Crippen LogP contribution in [0.1, 0.15) is 45.4 Å². The van der Waals surface area contributed by atoms with Gasteiger partial charge in [-0.05, 0) is 68.6 Å². The molecule has 0 spiro atoms. The van der Waals surface area contributed by atoms with Crippen LogP contribution in [0.2, 0.25) is 0 Å². The van der Waals surface area contributed by atoms with Gasteiger partial charge in [0.25, 0.3) is 0 Å². The van der Waals surface area contributed by atoms with Gasteiger partial charge in [-0.1, -0.05) is 12.2 Å². The monoisotopic (exact) mass is 205 g/mol. The molecule has 0 saturated heterocycles. The molecule has 1 atom stereocenters. The van der Waals surface area contributed by atoms with Crippen molar-refractivity contribution in [3.8, 4) is 0 Å². The summed E-state index contributed by atoms with van der Waals surface area (Å²) in [6.07, 6.45) is 13.7. The lowest BCUT2D eigenvalue weighted by atomic mass is 9.49. The molecule has 0 aromatic heterocycles. The Kier molecular flexibility index (Phi) is 2.21. The van der Waals surface area contributed by atoms with Crippen LogP contribution in [0, 0.1) is 23.2 Å². The second-order valence-electron chi connectivity index (χ2n) is 6.50. The normalized spacial score (nSPS) is 50.1.